The van der Waals surface area contributed by atoms with Gasteiger partial charge in [-0.2, -0.15) is 0 Å². The standard InChI is InChI=1S/C15H32N2O/c1-8-18-13-9-15(16,14(13,5)6)10-17(7)12(4)11(2)3/h11-13H,8-10,16H2,1-7H3. The van der Waals surface area contributed by atoms with Crippen LogP contribution in [0.25, 0.3) is 0 Å². The van der Waals surface area contributed by atoms with Crippen LogP contribution in [0.5, 0.6) is 0 Å². The van der Waals surface area contributed by atoms with Crippen LogP contribution in [0.2, 0.25) is 0 Å². The smallest absolute Gasteiger partial charge is 0.0662 e. The van der Waals surface area contributed by atoms with Crippen LogP contribution in [0.3, 0.4) is 0 Å². The van der Waals surface area contributed by atoms with Crippen LogP contribution < -0.4 is 5.73 Å². The van der Waals surface area contributed by atoms with Gasteiger partial charge in [-0.3, -0.25) is 0 Å². The summed E-state index contributed by atoms with van der Waals surface area (Å²) in [5.41, 5.74) is 6.56. The molecule has 0 aromatic carbocycles. The first kappa shape index (κ1) is 15.9. The summed E-state index contributed by atoms with van der Waals surface area (Å²) >= 11 is 0. The molecule has 18 heavy (non-hydrogen) atoms. The number of ether oxygens (including phenoxy) is 1. The minimum Gasteiger partial charge on any atom is -0.378 e. The van der Waals surface area contributed by atoms with E-state index in [1.807, 2.05) is 0 Å². The Kier molecular flexibility index (Phi) is 4.85. The van der Waals surface area contributed by atoms with E-state index in [0.717, 1.165) is 19.6 Å². The zero-order valence-corrected chi connectivity index (χ0v) is 13.3. The fourth-order valence-corrected chi connectivity index (χ4v) is 2.87. The van der Waals surface area contributed by atoms with E-state index in [2.05, 4.69) is 53.5 Å². The van der Waals surface area contributed by atoms with Gasteiger partial charge in [0, 0.05) is 30.1 Å². The summed E-state index contributed by atoms with van der Waals surface area (Å²) < 4.78 is 5.78. The Balaban J connectivity index is 2.62. The zero-order chi connectivity index (χ0) is 14.1. The lowest BCUT2D eigenvalue weighted by atomic mass is 9.54. The molecule has 0 aromatic rings. The predicted molar refractivity (Wildman–Crippen MR) is 77.7 cm³/mol. The molecule has 1 fully saturated rings. The number of nitrogens with two attached hydrogens (primary N) is 1. The van der Waals surface area contributed by atoms with E-state index in [0.29, 0.717) is 18.1 Å². The maximum atomic E-state index is 6.62. The van der Waals surface area contributed by atoms with Crippen molar-refractivity contribution in [1.82, 2.24) is 4.90 Å². The predicted octanol–water partition coefficient (Wildman–Crippen LogP) is 2.50. The normalized spacial score (nSPS) is 32.7. The lowest BCUT2D eigenvalue weighted by Gasteiger charge is -2.60. The van der Waals surface area contributed by atoms with Crippen molar-refractivity contribution in [1.29, 1.82) is 0 Å². The van der Waals surface area contributed by atoms with Crippen LogP contribution in [0.1, 0.15) is 48.0 Å². The summed E-state index contributed by atoms with van der Waals surface area (Å²) in [7, 11) is 2.18. The molecule has 1 rings (SSSR count). The minimum absolute atomic E-state index is 0.0635. The Morgan fingerprint density at radius 3 is 2.28 bits per heavy atom. The number of hydrogen-bond acceptors (Lipinski definition) is 3. The van der Waals surface area contributed by atoms with Gasteiger partial charge in [0.15, 0.2) is 0 Å². The first-order chi connectivity index (χ1) is 8.15. The molecule has 0 aliphatic heterocycles. The van der Waals surface area contributed by atoms with E-state index >= 15 is 0 Å². The molecular formula is C15H32N2O. The van der Waals surface area contributed by atoms with Crippen molar-refractivity contribution in [3.05, 3.63) is 0 Å². The van der Waals surface area contributed by atoms with E-state index in [9.17, 15) is 0 Å². The van der Waals surface area contributed by atoms with E-state index in [1.165, 1.54) is 0 Å². The summed E-state index contributed by atoms with van der Waals surface area (Å²) in [6.45, 7) is 15.1. The fraction of sp³-hybridized carbons (Fsp3) is 1.00. The van der Waals surface area contributed by atoms with Crippen molar-refractivity contribution >= 4 is 0 Å². The summed E-state index contributed by atoms with van der Waals surface area (Å²) in [4.78, 5) is 2.40. The third-order valence-corrected chi connectivity index (χ3v) is 5.20. The molecule has 1 aliphatic carbocycles. The molecule has 0 saturated heterocycles. The number of nitrogens with zero attached hydrogens (tertiary/aromatic N) is 1. The highest BCUT2D eigenvalue weighted by Crippen LogP contribution is 2.50. The second-order valence-electron chi connectivity index (χ2n) is 6.93. The third-order valence-electron chi connectivity index (χ3n) is 5.20. The Hall–Kier alpha value is -0.120. The quantitative estimate of drug-likeness (QED) is 0.793. The summed E-state index contributed by atoms with van der Waals surface area (Å²) in [5.74, 6) is 0.657. The molecule has 0 heterocycles. The van der Waals surface area contributed by atoms with Gasteiger partial charge in [0.25, 0.3) is 0 Å². The molecular weight excluding hydrogens is 224 g/mol. The van der Waals surface area contributed by atoms with E-state index < -0.39 is 0 Å². The summed E-state index contributed by atoms with van der Waals surface area (Å²) in [5, 5.41) is 0. The van der Waals surface area contributed by atoms with Crippen LogP contribution >= 0.6 is 0 Å². The van der Waals surface area contributed by atoms with Crippen molar-refractivity contribution in [2.24, 2.45) is 17.1 Å². The third kappa shape index (κ3) is 2.73. The molecule has 0 aromatic heterocycles. The van der Waals surface area contributed by atoms with Gasteiger partial charge in [-0.05, 0) is 33.2 Å². The number of likely N-dealkylation sites (N-methyl/N-ethyl adjacent to an activating group) is 1. The lowest BCUT2D eigenvalue weighted by Crippen LogP contribution is -2.73. The van der Waals surface area contributed by atoms with Crippen molar-refractivity contribution in [2.75, 3.05) is 20.2 Å². The molecule has 1 aliphatic rings. The molecule has 3 nitrogen and oxygen atoms in total. The second kappa shape index (κ2) is 5.48. The molecule has 0 bridgehead atoms. The highest BCUT2D eigenvalue weighted by molar-refractivity contribution is 5.14. The monoisotopic (exact) mass is 256 g/mol. The van der Waals surface area contributed by atoms with Crippen molar-refractivity contribution < 1.29 is 4.74 Å². The first-order valence-corrected chi connectivity index (χ1v) is 7.26. The van der Waals surface area contributed by atoms with Crippen LogP contribution in [0.4, 0.5) is 0 Å². The highest BCUT2D eigenvalue weighted by atomic mass is 16.5. The maximum Gasteiger partial charge on any atom is 0.0662 e. The van der Waals surface area contributed by atoms with Crippen molar-refractivity contribution in [3.63, 3.8) is 0 Å². The van der Waals surface area contributed by atoms with Gasteiger partial charge in [-0.25, -0.2) is 0 Å². The SMILES string of the molecule is CCOC1CC(N)(CN(C)C(C)C(C)C)C1(C)C. The largest absolute Gasteiger partial charge is 0.378 e. The Morgan fingerprint density at radius 1 is 1.33 bits per heavy atom. The van der Waals surface area contributed by atoms with Gasteiger partial charge in [-0.1, -0.05) is 27.7 Å². The number of rotatable bonds is 6. The maximum absolute atomic E-state index is 6.62. The lowest BCUT2D eigenvalue weighted by molar-refractivity contribution is -0.157. The average Bonchev–Trinajstić information content (AvgIpc) is 2.27. The molecule has 108 valence electrons. The van der Waals surface area contributed by atoms with Gasteiger partial charge in [-0.15, -0.1) is 0 Å². The Labute approximate surface area is 113 Å². The average molecular weight is 256 g/mol. The van der Waals surface area contributed by atoms with E-state index in [4.69, 9.17) is 10.5 Å². The Bertz CT molecular complexity index is 278. The molecule has 3 atom stereocenters. The second-order valence-corrected chi connectivity index (χ2v) is 6.93. The van der Waals surface area contributed by atoms with Crippen LogP contribution in [-0.2, 0) is 4.74 Å². The van der Waals surface area contributed by atoms with Gasteiger partial charge in [0.1, 0.15) is 0 Å². The Morgan fingerprint density at radius 2 is 1.89 bits per heavy atom. The van der Waals surface area contributed by atoms with E-state index in [-0.39, 0.29) is 11.0 Å². The highest BCUT2D eigenvalue weighted by Gasteiger charge is 2.58. The van der Waals surface area contributed by atoms with Crippen LogP contribution in [-0.4, -0.2) is 42.8 Å². The molecule has 2 N–H and O–H groups in total. The zero-order valence-electron chi connectivity index (χ0n) is 13.3. The topological polar surface area (TPSA) is 38.5 Å². The first-order valence-electron chi connectivity index (χ1n) is 7.26. The molecule has 0 spiro atoms. The van der Waals surface area contributed by atoms with Gasteiger partial charge in [0.05, 0.1) is 6.10 Å². The molecule has 3 heteroatoms. The van der Waals surface area contributed by atoms with Crippen LogP contribution in [0.15, 0.2) is 0 Å². The number of hydrogen-bond donors (Lipinski definition) is 1. The van der Waals surface area contributed by atoms with Gasteiger partial charge >= 0.3 is 0 Å². The minimum atomic E-state index is -0.120. The van der Waals surface area contributed by atoms with E-state index in [1.54, 1.807) is 0 Å². The fourth-order valence-electron chi connectivity index (χ4n) is 2.87. The molecule has 0 radical (unpaired) electrons. The van der Waals surface area contributed by atoms with Gasteiger partial charge in [0.2, 0.25) is 0 Å². The molecule has 0 amide bonds. The molecule has 1 saturated carbocycles. The van der Waals surface area contributed by atoms with Crippen molar-refractivity contribution in [3.8, 4) is 0 Å². The van der Waals surface area contributed by atoms with Gasteiger partial charge < -0.3 is 15.4 Å². The van der Waals surface area contributed by atoms with Crippen molar-refractivity contribution in [2.45, 2.75) is 65.6 Å². The summed E-state index contributed by atoms with van der Waals surface area (Å²) in [6.07, 6.45) is 1.29. The molecule has 3 unspecified atom stereocenters. The summed E-state index contributed by atoms with van der Waals surface area (Å²) in [6, 6.07) is 0.562. The van der Waals surface area contributed by atoms with Crippen LogP contribution in [0, 0.1) is 11.3 Å².